The van der Waals surface area contributed by atoms with E-state index in [-0.39, 0.29) is 36.7 Å². The van der Waals surface area contributed by atoms with Gasteiger partial charge in [0.15, 0.2) is 0 Å². The van der Waals surface area contributed by atoms with Crippen LogP contribution in [0.5, 0.6) is 0 Å². The van der Waals surface area contributed by atoms with Crippen LogP contribution >= 0.6 is 0 Å². The maximum absolute atomic E-state index is 12.1. The molecular formula is C19H19N3O3. The van der Waals surface area contributed by atoms with E-state index in [0.717, 1.165) is 5.69 Å². The zero-order chi connectivity index (χ0) is 17.6. The fraction of sp³-hybridized carbons (Fsp3) is 0.211. The topological polar surface area (TPSA) is 78.5 Å². The molecule has 1 saturated heterocycles. The number of hydrogen-bond donors (Lipinski definition) is 2. The fourth-order valence-corrected chi connectivity index (χ4v) is 2.79. The van der Waals surface area contributed by atoms with Crippen molar-refractivity contribution in [2.24, 2.45) is 0 Å². The van der Waals surface area contributed by atoms with Crippen LogP contribution in [-0.2, 0) is 9.59 Å². The third kappa shape index (κ3) is 4.23. The standard InChI is InChI=1S/C19H19N3O3/c23-17(12-20-19(25)14-7-3-1-4-8-14)21-15-11-18(24)22(13-15)16-9-5-2-6-10-16/h1-10,15H,11-13H2,(H,20,25)(H,21,23)/t15-/m0/s1. The Morgan fingerprint density at radius 3 is 2.32 bits per heavy atom. The molecule has 3 amide bonds. The third-order valence-electron chi connectivity index (χ3n) is 4.00. The summed E-state index contributed by atoms with van der Waals surface area (Å²) in [6.07, 6.45) is 0.257. The van der Waals surface area contributed by atoms with Gasteiger partial charge in [-0.05, 0) is 24.3 Å². The molecule has 1 fully saturated rings. The molecule has 1 atom stereocenters. The molecule has 0 saturated carbocycles. The Labute approximate surface area is 145 Å². The second kappa shape index (κ2) is 7.61. The number of hydrogen-bond acceptors (Lipinski definition) is 3. The van der Waals surface area contributed by atoms with Gasteiger partial charge in [-0.25, -0.2) is 0 Å². The summed E-state index contributed by atoms with van der Waals surface area (Å²) in [5.74, 6) is -0.633. The number of amides is 3. The smallest absolute Gasteiger partial charge is 0.251 e. The summed E-state index contributed by atoms with van der Waals surface area (Å²) in [5.41, 5.74) is 1.32. The van der Waals surface area contributed by atoms with Crippen molar-refractivity contribution in [3.63, 3.8) is 0 Å². The molecule has 6 nitrogen and oxygen atoms in total. The quantitative estimate of drug-likeness (QED) is 0.864. The summed E-state index contributed by atoms with van der Waals surface area (Å²) in [5, 5.41) is 5.38. The van der Waals surface area contributed by atoms with E-state index in [4.69, 9.17) is 0 Å². The van der Waals surface area contributed by atoms with Gasteiger partial charge in [-0.15, -0.1) is 0 Å². The molecule has 1 aliphatic rings. The van der Waals surface area contributed by atoms with Crippen molar-refractivity contribution < 1.29 is 14.4 Å². The molecule has 3 rings (SSSR count). The van der Waals surface area contributed by atoms with Crippen LogP contribution in [0.1, 0.15) is 16.8 Å². The third-order valence-corrected chi connectivity index (χ3v) is 4.00. The number of nitrogens with zero attached hydrogens (tertiary/aromatic N) is 1. The second-order valence-electron chi connectivity index (χ2n) is 5.86. The van der Waals surface area contributed by atoms with Gasteiger partial charge in [0.25, 0.3) is 5.91 Å². The monoisotopic (exact) mass is 337 g/mol. The molecule has 2 aromatic carbocycles. The highest BCUT2D eigenvalue weighted by molar-refractivity contribution is 5.98. The lowest BCUT2D eigenvalue weighted by molar-refractivity contribution is -0.120. The van der Waals surface area contributed by atoms with Crippen molar-refractivity contribution in [2.45, 2.75) is 12.5 Å². The Hall–Kier alpha value is -3.15. The summed E-state index contributed by atoms with van der Waals surface area (Å²) in [6.45, 7) is 0.310. The maximum atomic E-state index is 12.1. The lowest BCUT2D eigenvalue weighted by atomic mass is 10.2. The van der Waals surface area contributed by atoms with Gasteiger partial charge in [0.05, 0.1) is 12.6 Å². The zero-order valence-electron chi connectivity index (χ0n) is 13.6. The number of benzene rings is 2. The van der Waals surface area contributed by atoms with Gasteiger partial charge in [0.1, 0.15) is 0 Å². The molecule has 25 heavy (non-hydrogen) atoms. The van der Waals surface area contributed by atoms with Gasteiger partial charge in [-0.1, -0.05) is 36.4 Å². The molecule has 2 N–H and O–H groups in total. The Balaban J connectivity index is 1.49. The van der Waals surface area contributed by atoms with Crippen LogP contribution in [0.4, 0.5) is 5.69 Å². The van der Waals surface area contributed by atoms with E-state index in [1.54, 1.807) is 29.2 Å². The number of rotatable bonds is 5. The van der Waals surface area contributed by atoms with Gasteiger partial charge in [-0.3, -0.25) is 14.4 Å². The van der Waals surface area contributed by atoms with Gasteiger partial charge < -0.3 is 15.5 Å². The average molecular weight is 337 g/mol. The predicted octanol–water partition coefficient (Wildman–Crippen LogP) is 1.34. The largest absolute Gasteiger partial charge is 0.350 e. The SMILES string of the molecule is O=C(CNC(=O)c1ccccc1)N[C@H]1CC(=O)N(c2ccccc2)C1. The first-order valence-corrected chi connectivity index (χ1v) is 8.11. The maximum Gasteiger partial charge on any atom is 0.251 e. The second-order valence-corrected chi connectivity index (χ2v) is 5.86. The van der Waals surface area contributed by atoms with E-state index in [0.29, 0.717) is 12.1 Å². The van der Waals surface area contributed by atoms with E-state index in [9.17, 15) is 14.4 Å². The van der Waals surface area contributed by atoms with E-state index in [1.807, 2.05) is 36.4 Å². The number of anilines is 1. The van der Waals surface area contributed by atoms with Crippen molar-refractivity contribution in [1.29, 1.82) is 0 Å². The van der Waals surface area contributed by atoms with Gasteiger partial charge in [-0.2, -0.15) is 0 Å². The summed E-state index contributed by atoms with van der Waals surface area (Å²) < 4.78 is 0. The van der Waals surface area contributed by atoms with Crippen molar-refractivity contribution in [2.75, 3.05) is 18.0 Å². The number of carbonyl (C=O) groups is 3. The number of nitrogens with one attached hydrogen (secondary N) is 2. The molecule has 1 heterocycles. The highest BCUT2D eigenvalue weighted by Crippen LogP contribution is 2.20. The van der Waals surface area contributed by atoms with E-state index >= 15 is 0 Å². The highest BCUT2D eigenvalue weighted by Gasteiger charge is 2.31. The molecule has 6 heteroatoms. The fourth-order valence-electron chi connectivity index (χ4n) is 2.79. The first-order chi connectivity index (χ1) is 12.1. The van der Waals surface area contributed by atoms with Crippen molar-refractivity contribution in [1.82, 2.24) is 10.6 Å². The van der Waals surface area contributed by atoms with E-state index < -0.39 is 0 Å². The first-order valence-electron chi connectivity index (χ1n) is 8.11. The van der Waals surface area contributed by atoms with Crippen molar-refractivity contribution >= 4 is 23.4 Å². The van der Waals surface area contributed by atoms with Crippen LogP contribution in [-0.4, -0.2) is 36.9 Å². The minimum atomic E-state index is -0.308. The van der Waals surface area contributed by atoms with E-state index in [1.165, 1.54) is 0 Å². The van der Waals surface area contributed by atoms with Crippen LogP contribution in [0.25, 0.3) is 0 Å². The number of para-hydroxylation sites is 1. The van der Waals surface area contributed by atoms with Crippen LogP contribution < -0.4 is 15.5 Å². The van der Waals surface area contributed by atoms with Crippen LogP contribution in [0.2, 0.25) is 0 Å². The molecule has 0 spiro atoms. The summed E-state index contributed by atoms with van der Waals surface area (Å²) >= 11 is 0. The molecule has 1 aliphatic heterocycles. The summed E-state index contributed by atoms with van der Waals surface area (Å²) in [4.78, 5) is 37.7. The molecule has 0 radical (unpaired) electrons. The molecule has 0 unspecified atom stereocenters. The normalized spacial score (nSPS) is 16.6. The Kier molecular flexibility index (Phi) is 5.09. The highest BCUT2D eigenvalue weighted by atomic mass is 16.2. The first kappa shape index (κ1) is 16.7. The van der Waals surface area contributed by atoms with Gasteiger partial charge in [0.2, 0.25) is 11.8 Å². The van der Waals surface area contributed by atoms with Crippen molar-refractivity contribution in [3.8, 4) is 0 Å². The molecular weight excluding hydrogens is 318 g/mol. The Morgan fingerprint density at radius 1 is 1.00 bits per heavy atom. The lowest BCUT2D eigenvalue weighted by Gasteiger charge is -2.17. The van der Waals surface area contributed by atoms with E-state index in [2.05, 4.69) is 10.6 Å². The lowest BCUT2D eigenvalue weighted by Crippen LogP contribution is -2.43. The zero-order valence-corrected chi connectivity index (χ0v) is 13.6. The molecule has 2 aromatic rings. The molecule has 0 aromatic heterocycles. The van der Waals surface area contributed by atoms with Crippen LogP contribution in [0.3, 0.4) is 0 Å². The average Bonchev–Trinajstić information content (AvgIpc) is 3.01. The van der Waals surface area contributed by atoms with Crippen LogP contribution in [0, 0.1) is 0 Å². The van der Waals surface area contributed by atoms with Gasteiger partial charge in [0, 0.05) is 24.2 Å². The van der Waals surface area contributed by atoms with Crippen LogP contribution in [0.15, 0.2) is 60.7 Å². The molecule has 0 aliphatic carbocycles. The minimum Gasteiger partial charge on any atom is -0.350 e. The summed E-state index contributed by atoms with van der Waals surface area (Å²) in [7, 11) is 0. The molecule has 0 bridgehead atoms. The predicted molar refractivity (Wildman–Crippen MR) is 94.1 cm³/mol. The number of carbonyl (C=O) groups excluding carboxylic acids is 3. The Morgan fingerprint density at radius 2 is 1.64 bits per heavy atom. The summed E-state index contributed by atoms with van der Waals surface area (Å²) in [6, 6.07) is 17.8. The van der Waals surface area contributed by atoms with Crippen molar-refractivity contribution in [3.05, 3.63) is 66.2 Å². The Bertz CT molecular complexity index is 762. The minimum absolute atomic E-state index is 0.0233. The van der Waals surface area contributed by atoms with Gasteiger partial charge >= 0.3 is 0 Å². The molecule has 128 valence electrons.